The van der Waals surface area contributed by atoms with E-state index in [1.54, 1.807) is 11.3 Å². The highest BCUT2D eigenvalue weighted by Gasteiger charge is 2.15. The highest BCUT2D eigenvalue weighted by atomic mass is 79.9. The fourth-order valence-electron chi connectivity index (χ4n) is 4.76. The maximum absolute atomic E-state index is 5.01. The lowest BCUT2D eigenvalue weighted by molar-refractivity contribution is 1.18. The third-order valence-electron chi connectivity index (χ3n) is 6.27. The molecule has 0 atom stereocenters. The van der Waals surface area contributed by atoms with Gasteiger partial charge in [0.05, 0.1) is 21.3 Å². The molecule has 0 amide bonds. The lowest BCUT2D eigenvalue weighted by Crippen LogP contribution is -1.92. The molecule has 0 aliphatic carbocycles. The minimum atomic E-state index is 1.05. The molecule has 0 bridgehead atoms. The Morgan fingerprint density at radius 3 is 2.36 bits per heavy atom. The van der Waals surface area contributed by atoms with Crippen molar-refractivity contribution in [2.45, 2.75) is 0 Å². The number of thiazole rings is 1. The first-order valence-corrected chi connectivity index (χ1v) is 12.4. The number of hydrogen-bond donors (Lipinski definition) is 0. The van der Waals surface area contributed by atoms with Crippen LogP contribution in [0.1, 0.15) is 0 Å². The quantitative estimate of drug-likeness (QED) is 0.229. The number of nitrogens with zero attached hydrogens (tertiary/aromatic N) is 2. The summed E-state index contributed by atoms with van der Waals surface area (Å²) in [6.45, 7) is 0. The van der Waals surface area contributed by atoms with Gasteiger partial charge in [0.25, 0.3) is 0 Å². The highest BCUT2D eigenvalue weighted by Crippen LogP contribution is 2.39. The van der Waals surface area contributed by atoms with E-state index >= 15 is 0 Å². The Morgan fingerprint density at radius 1 is 0.667 bits per heavy atom. The van der Waals surface area contributed by atoms with Gasteiger partial charge in [0.1, 0.15) is 5.01 Å². The molecule has 2 heterocycles. The van der Waals surface area contributed by atoms with Crippen molar-refractivity contribution >= 4 is 70.1 Å². The second kappa shape index (κ2) is 7.27. The van der Waals surface area contributed by atoms with Crippen LogP contribution in [0.5, 0.6) is 0 Å². The molecule has 0 fully saturated rings. The predicted molar refractivity (Wildman–Crippen MR) is 145 cm³/mol. The Hall–Kier alpha value is -3.47. The topological polar surface area (TPSA) is 17.8 Å². The molecule has 7 aromatic rings. The number of para-hydroxylation sites is 2. The molecular formula is C29H17BrN2S. The Morgan fingerprint density at radius 2 is 1.45 bits per heavy atom. The van der Waals surface area contributed by atoms with Crippen molar-refractivity contribution in [2.24, 2.45) is 0 Å². The van der Waals surface area contributed by atoms with E-state index in [2.05, 4.69) is 124 Å². The molecular weight excluding hydrogens is 488 g/mol. The van der Waals surface area contributed by atoms with Gasteiger partial charge in [0.15, 0.2) is 0 Å². The van der Waals surface area contributed by atoms with Crippen molar-refractivity contribution in [1.82, 2.24) is 9.55 Å². The first-order valence-electron chi connectivity index (χ1n) is 10.8. The van der Waals surface area contributed by atoms with Crippen molar-refractivity contribution in [1.29, 1.82) is 0 Å². The standard InChI is InChI=1S/C29H17BrN2S/c30-20-13-10-18-11-14-25-28(23(18)17-20)33-29(31-25)19-12-15-27-24(16-19)22-8-4-5-9-26(22)32(27)21-6-2-1-3-7-21/h1-17H. The first kappa shape index (κ1) is 19.0. The van der Waals surface area contributed by atoms with Crippen LogP contribution >= 0.6 is 27.3 Å². The van der Waals surface area contributed by atoms with Crippen LogP contribution in [0.4, 0.5) is 0 Å². The van der Waals surface area contributed by atoms with Crippen molar-refractivity contribution in [3.05, 3.63) is 108 Å². The molecule has 0 radical (unpaired) electrons. The van der Waals surface area contributed by atoms with Gasteiger partial charge in [0, 0.05) is 31.9 Å². The average molecular weight is 505 g/mol. The fraction of sp³-hybridized carbons (Fsp3) is 0. The Labute approximate surface area is 202 Å². The Bertz CT molecular complexity index is 1830. The van der Waals surface area contributed by atoms with Crippen LogP contribution in [0.25, 0.3) is 59.1 Å². The molecule has 7 rings (SSSR count). The van der Waals surface area contributed by atoms with E-state index in [9.17, 15) is 0 Å². The molecule has 0 spiro atoms. The molecule has 2 aromatic heterocycles. The van der Waals surface area contributed by atoms with E-state index in [0.29, 0.717) is 0 Å². The van der Waals surface area contributed by atoms with Gasteiger partial charge in [-0.2, -0.15) is 0 Å². The van der Waals surface area contributed by atoms with Crippen LogP contribution in [0.15, 0.2) is 108 Å². The van der Waals surface area contributed by atoms with Crippen LogP contribution < -0.4 is 0 Å². The second-order valence-electron chi connectivity index (χ2n) is 8.22. The maximum Gasteiger partial charge on any atom is 0.124 e. The monoisotopic (exact) mass is 504 g/mol. The van der Waals surface area contributed by atoms with Crippen molar-refractivity contribution in [2.75, 3.05) is 0 Å². The van der Waals surface area contributed by atoms with Gasteiger partial charge in [-0.05, 0) is 60.0 Å². The molecule has 5 aromatic carbocycles. The third-order valence-corrected chi connectivity index (χ3v) is 7.91. The summed E-state index contributed by atoms with van der Waals surface area (Å²) in [5.74, 6) is 0. The van der Waals surface area contributed by atoms with Gasteiger partial charge in [-0.1, -0.05) is 64.5 Å². The van der Waals surface area contributed by atoms with Gasteiger partial charge in [-0.3, -0.25) is 0 Å². The maximum atomic E-state index is 5.01. The summed E-state index contributed by atoms with van der Waals surface area (Å²) in [5, 5.41) is 6.04. The number of aromatic nitrogens is 2. The SMILES string of the molecule is Brc1ccc2ccc3nc(-c4ccc5c(c4)c4ccccc4n5-c4ccccc4)sc3c2c1. The molecule has 0 saturated carbocycles. The zero-order valence-corrected chi connectivity index (χ0v) is 19.9. The van der Waals surface area contributed by atoms with Crippen LogP contribution in [0, 0.1) is 0 Å². The molecule has 0 N–H and O–H groups in total. The van der Waals surface area contributed by atoms with E-state index in [1.807, 2.05) is 0 Å². The number of benzene rings is 5. The number of rotatable bonds is 2. The van der Waals surface area contributed by atoms with Crippen LogP contribution in [-0.2, 0) is 0 Å². The summed E-state index contributed by atoms with van der Waals surface area (Å²) in [6, 6.07) is 36.7. The molecule has 156 valence electrons. The molecule has 2 nitrogen and oxygen atoms in total. The molecule has 33 heavy (non-hydrogen) atoms. The van der Waals surface area contributed by atoms with Gasteiger partial charge in [-0.25, -0.2) is 4.98 Å². The predicted octanol–water partition coefficient (Wildman–Crippen LogP) is 8.98. The molecule has 0 saturated heterocycles. The van der Waals surface area contributed by atoms with E-state index in [0.717, 1.165) is 20.6 Å². The Balaban J connectivity index is 1.48. The molecule has 0 unspecified atom stereocenters. The average Bonchev–Trinajstić information content (AvgIpc) is 3.44. The van der Waals surface area contributed by atoms with Gasteiger partial charge in [-0.15, -0.1) is 11.3 Å². The van der Waals surface area contributed by atoms with E-state index in [1.165, 1.54) is 43.0 Å². The number of hydrogen-bond acceptors (Lipinski definition) is 2. The summed E-state index contributed by atoms with van der Waals surface area (Å²) in [7, 11) is 0. The molecule has 0 aliphatic rings. The van der Waals surface area contributed by atoms with E-state index in [-0.39, 0.29) is 0 Å². The van der Waals surface area contributed by atoms with Gasteiger partial charge < -0.3 is 4.57 Å². The summed E-state index contributed by atoms with van der Waals surface area (Å²) in [6.07, 6.45) is 0. The third kappa shape index (κ3) is 2.95. The Kier molecular flexibility index (Phi) is 4.20. The smallest absolute Gasteiger partial charge is 0.124 e. The van der Waals surface area contributed by atoms with Crippen LogP contribution in [0.3, 0.4) is 0 Å². The zero-order valence-electron chi connectivity index (χ0n) is 17.5. The second-order valence-corrected chi connectivity index (χ2v) is 10.1. The lowest BCUT2D eigenvalue weighted by atomic mass is 10.1. The van der Waals surface area contributed by atoms with Crippen LogP contribution in [0.2, 0.25) is 0 Å². The number of fused-ring (bicyclic) bond motifs is 6. The summed E-state index contributed by atoms with van der Waals surface area (Å²) < 4.78 is 4.67. The highest BCUT2D eigenvalue weighted by molar-refractivity contribution is 9.10. The van der Waals surface area contributed by atoms with Crippen molar-refractivity contribution in [3.63, 3.8) is 0 Å². The minimum absolute atomic E-state index is 1.05. The number of halogens is 1. The first-order chi connectivity index (χ1) is 16.3. The summed E-state index contributed by atoms with van der Waals surface area (Å²) >= 11 is 5.39. The fourth-order valence-corrected chi connectivity index (χ4v) is 6.21. The molecule has 4 heteroatoms. The van der Waals surface area contributed by atoms with Crippen LogP contribution in [-0.4, -0.2) is 9.55 Å². The largest absolute Gasteiger partial charge is 0.309 e. The minimum Gasteiger partial charge on any atom is -0.309 e. The summed E-state index contributed by atoms with van der Waals surface area (Å²) in [5.41, 5.74) is 5.81. The summed E-state index contributed by atoms with van der Waals surface area (Å²) in [4.78, 5) is 5.01. The van der Waals surface area contributed by atoms with Gasteiger partial charge in [0.2, 0.25) is 0 Å². The lowest BCUT2D eigenvalue weighted by Gasteiger charge is -2.07. The van der Waals surface area contributed by atoms with E-state index in [4.69, 9.17) is 4.98 Å². The van der Waals surface area contributed by atoms with Crippen molar-refractivity contribution in [3.8, 4) is 16.3 Å². The van der Waals surface area contributed by atoms with Crippen molar-refractivity contribution < 1.29 is 0 Å². The zero-order chi connectivity index (χ0) is 21.9. The molecule has 0 aliphatic heterocycles. The van der Waals surface area contributed by atoms with E-state index < -0.39 is 0 Å². The normalized spacial score (nSPS) is 11.8. The van der Waals surface area contributed by atoms with Gasteiger partial charge >= 0.3 is 0 Å².